The second kappa shape index (κ2) is 5.31. The van der Waals surface area contributed by atoms with Crippen LogP contribution >= 0.6 is 0 Å². The number of aliphatic imine (C=N–C) groups is 1. The van der Waals surface area contributed by atoms with Crippen LogP contribution in [0.1, 0.15) is 12.5 Å². The Kier molecular flexibility index (Phi) is 3.97. The summed E-state index contributed by atoms with van der Waals surface area (Å²) in [5.41, 5.74) is 2.43. The van der Waals surface area contributed by atoms with E-state index in [0.29, 0.717) is 0 Å². The zero-order valence-electron chi connectivity index (χ0n) is 8.20. The predicted octanol–water partition coefficient (Wildman–Crippen LogP) is 2.88. The molecule has 0 fully saturated rings. The highest BCUT2D eigenvalue weighted by atomic mass is 14.7. The monoisotopic (exact) mass is 173 g/mol. The third-order valence-corrected chi connectivity index (χ3v) is 1.87. The van der Waals surface area contributed by atoms with Gasteiger partial charge in [-0.2, -0.15) is 0 Å². The van der Waals surface area contributed by atoms with Crippen LogP contribution in [-0.4, -0.2) is 12.8 Å². The third-order valence-electron chi connectivity index (χ3n) is 1.87. The van der Waals surface area contributed by atoms with E-state index in [9.17, 15) is 0 Å². The van der Waals surface area contributed by atoms with Crippen molar-refractivity contribution < 1.29 is 0 Å². The molecule has 1 aromatic carbocycles. The lowest BCUT2D eigenvalue weighted by molar-refractivity contribution is 1.29. The van der Waals surface area contributed by atoms with E-state index < -0.39 is 0 Å². The van der Waals surface area contributed by atoms with E-state index in [2.05, 4.69) is 29.3 Å². The van der Waals surface area contributed by atoms with Gasteiger partial charge in [-0.15, -0.1) is 0 Å². The third kappa shape index (κ3) is 3.24. The van der Waals surface area contributed by atoms with Gasteiger partial charge in [-0.05, 0) is 18.6 Å². The summed E-state index contributed by atoms with van der Waals surface area (Å²) in [4.78, 5) is 4.20. The van der Waals surface area contributed by atoms with Crippen LogP contribution in [0.5, 0.6) is 0 Å². The minimum Gasteiger partial charge on any atom is -0.293 e. The molecule has 0 spiro atoms. The highest BCUT2D eigenvalue weighted by Crippen LogP contribution is 2.01. The summed E-state index contributed by atoms with van der Waals surface area (Å²) in [6.07, 6.45) is 4.99. The molecule has 0 unspecified atom stereocenters. The summed E-state index contributed by atoms with van der Waals surface area (Å²) in [5, 5.41) is 0. The fourth-order valence-corrected chi connectivity index (χ4v) is 1.21. The van der Waals surface area contributed by atoms with Crippen molar-refractivity contribution in [3.05, 3.63) is 48.0 Å². The molecule has 0 saturated carbocycles. The highest BCUT2D eigenvalue weighted by molar-refractivity contribution is 5.96. The van der Waals surface area contributed by atoms with E-state index in [1.807, 2.05) is 32.2 Å². The molecule has 0 aliphatic heterocycles. The van der Waals surface area contributed by atoms with Crippen LogP contribution in [-0.2, 0) is 6.42 Å². The normalized spacial score (nSPS) is 12.3. The lowest BCUT2D eigenvalue weighted by Crippen LogP contribution is -1.98. The van der Waals surface area contributed by atoms with Gasteiger partial charge in [0.1, 0.15) is 0 Å². The Morgan fingerprint density at radius 2 is 2.00 bits per heavy atom. The van der Waals surface area contributed by atoms with E-state index in [1.165, 1.54) is 5.56 Å². The van der Waals surface area contributed by atoms with Gasteiger partial charge in [0.05, 0.1) is 0 Å². The molecule has 0 bridgehead atoms. The number of rotatable bonds is 3. The molecule has 0 atom stereocenters. The minimum atomic E-state index is 0.918. The highest BCUT2D eigenvalue weighted by Gasteiger charge is 1.94. The lowest BCUT2D eigenvalue weighted by atomic mass is 10.1. The van der Waals surface area contributed by atoms with Crippen molar-refractivity contribution in [2.24, 2.45) is 4.99 Å². The van der Waals surface area contributed by atoms with E-state index >= 15 is 0 Å². The molecule has 1 rings (SSSR count). The van der Waals surface area contributed by atoms with Gasteiger partial charge in [0.2, 0.25) is 0 Å². The van der Waals surface area contributed by atoms with Crippen molar-refractivity contribution in [3.63, 3.8) is 0 Å². The standard InChI is InChI=1S/C12H15N/c1-3-7-12(13-2)10-11-8-5-4-6-9-11/h3-9H,10H2,1-2H3/b7-3-,13-12?. The van der Waals surface area contributed by atoms with Crippen molar-refractivity contribution in [2.75, 3.05) is 7.05 Å². The fraction of sp³-hybridized carbons (Fsp3) is 0.250. The van der Waals surface area contributed by atoms with Crippen molar-refractivity contribution in [1.29, 1.82) is 0 Å². The number of nitrogens with zero attached hydrogens (tertiary/aromatic N) is 1. The van der Waals surface area contributed by atoms with Crippen LogP contribution in [0, 0.1) is 0 Å². The summed E-state index contributed by atoms with van der Waals surface area (Å²) >= 11 is 0. The van der Waals surface area contributed by atoms with Gasteiger partial charge in [0.25, 0.3) is 0 Å². The number of hydrogen-bond donors (Lipinski definition) is 0. The maximum absolute atomic E-state index is 4.20. The molecule has 1 heteroatoms. The van der Waals surface area contributed by atoms with Gasteiger partial charge in [0.15, 0.2) is 0 Å². The first kappa shape index (κ1) is 9.72. The summed E-state index contributed by atoms with van der Waals surface area (Å²) in [6, 6.07) is 10.4. The molecular formula is C12H15N. The predicted molar refractivity (Wildman–Crippen MR) is 58.3 cm³/mol. The quantitative estimate of drug-likeness (QED) is 0.623. The molecule has 1 nitrogen and oxygen atoms in total. The molecule has 0 aliphatic carbocycles. The van der Waals surface area contributed by atoms with Crippen LogP contribution in [0.2, 0.25) is 0 Å². The molecule has 0 saturated heterocycles. The van der Waals surface area contributed by atoms with Gasteiger partial charge in [-0.25, -0.2) is 0 Å². The number of benzene rings is 1. The Hall–Kier alpha value is -1.37. The van der Waals surface area contributed by atoms with Gasteiger partial charge in [-0.1, -0.05) is 36.4 Å². The molecule has 0 radical (unpaired) electrons. The minimum absolute atomic E-state index is 0.918. The summed E-state index contributed by atoms with van der Waals surface area (Å²) in [6.45, 7) is 2.01. The molecule has 13 heavy (non-hydrogen) atoms. The van der Waals surface area contributed by atoms with Crippen molar-refractivity contribution >= 4 is 5.71 Å². The van der Waals surface area contributed by atoms with Crippen LogP contribution in [0.15, 0.2) is 47.5 Å². The number of allylic oxidation sites excluding steroid dienone is 2. The van der Waals surface area contributed by atoms with Gasteiger partial charge in [-0.3, -0.25) is 4.99 Å². The molecule has 0 N–H and O–H groups in total. The Bertz CT molecular complexity index is 296. The summed E-state index contributed by atoms with van der Waals surface area (Å²) < 4.78 is 0. The number of hydrogen-bond acceptors (Lipinski definition) is 1. The molecule has 0 heterocycles. The Morgan fingerprint density at radius 3 is 2.54 bits per heavy atom. The van der Waals surface area contributed by atoms with Crippen LogP contribution in [0.3, 0.4) is 0 Å². The van der Waals surface area contributed by atoms with Crippen molar-refractivity contribution in [2.45, 2.75) is 13.3 Å². The molecule has 0 aromatic heterocycles. The van der Waals surface area contributed by atoms with Crippen LogP contribution in [0.25, 0.3) is 0 Å². The maximum Gasteiger partial charge on any atom is 0.0385 e. The van der Waals surface area contributed by atoms with Crippen LogP contribution in [0.4, 0.5) is 0 Å². The Balaban J connectivity index is 2.68. The fourth-order valence-electron chi connectivity index (χ4n) is 1.21. The van der Waals surface area contributed by atoms with E-state index in [-0.39, 0.29) is 0 Å². The first-order valence-electron chi connectivity index (χ1n) is 4.49. The Labute approximate surface area is 79.8 Å². The topological polar surface area (TPSA) is 12.4 Å². The second-order valence-corrected chi connectivity index (χ2v) is 2.88. The second-order valence-electron chi connectivity index (χ2n) is 2.88. The summed E-state index contributed by atoms with van der Waals surface area (Å²) in [5.74, 6) is 0. The van der Waals surface area contributed by atoms with Crippen molar-refractivity contribution in [3.8, 4) is 0 Å². The largest absolute Gasteiger partial charge is 0.293 e. The van der Waals surface area contributed by atoms with E-state index in [0.717, 1.165) is 12.1 Å². The van der Waals surface area contributed by atoms with Gasteiger partial charge in [0, 0.05) is 19.2 Å². The molecule has 0 amide bonds. The molecule has 68 valence electrons. The first-order valence-corrected chi connectivity index (χ1v) is 4.49. The van der Waals surface area contributed by atoms with Crippen LogP contribution < -0.4 is 0 Å². The zero-order valence-corrected chi connectivity index (χ0v) is 8.20. The van der Waals surface area contributed by atoms with Gasteiger partial charge >= 0.3 is 0 Å². The van der Waals surface area contributed by atoms with E-state index in [4.69, 9.17) is 0 Å². The Morgan fingerprint density at radius 1 is 1.31 bits per heavy atom. The average molecular weight is 173 g/mol. The van der Waals surface area contributed by atoms with E-state index in [1.54, 1.807) is 0 Å². The smallest absolute Gasteiger partial charge is 0.0385 e. The van der Waals surface area contributed by atoms with Crippen molar-refractivity contribution in [1.82, 2.24) is 0 Å². The zero-order chi connectivity index (χ0) is 9.52. The maximum atomic E-state index is 4.20. The average Bonchev–Trinajstić information content (AvgIpc) is 2.19. The molecular weight excluding hydrogens is 158 g/mol. The lowest BCUT2D eigenvalue weighted by Gasteiger charge is -1.99. The molecule has 0 aliphatic rings. The first-order chi connectivity index (χ1) is 6.36. The SMILES string of the molecule is C/C=C\C(Cc1ccccc1)=NC. The molecule has 1 aromatic rings. The summed E-state index contributed by atoms with van der Waals surface area (Å²) in [7, 11) is 1.83. The van der Waals surface area contributed by atoms with Gasteiger partial charge < -0.3 is 0 Å².